The summed E-state index contributed by atoms with van der Waals surface area (Å²) in [6, 6.07) is -0.618. The molecule has 2 heterocycles. The van der Waals surface area contributed by atoms with Crippen molar-refractivity contribution in [2.75, 3.05) is 14.2 Å². The number of rotatable bonds is 6. The molecule has 0 spiro atoms. The van der Waals surface area contributed by atoms with Crippen LogP contribution >= 0.6 is 0 Å². The first-order valence-electron chi connectivity index (χ1n) is 8.70. The summed E-state index contributed by atoms with van der Waals surface area (Å²) in [5, 5.41) is 0. The molecule has 2 unspecified atom stereocenters. The highest BCUT2D eigenvalue weighted by Gasteiger charge is 2.56. The lowest BCUT2D eigenvalue weighted by atomic mass is 9.89. The van der Waals surface area contributed by atoms with E-state index in [0.29, 0.717) is 6.42 Å². The summed E-state index contributed by atoms with van der Waals surface area (Å²) in [5.74, 6) is -1.80. The zero-order valence-electron chi connectivity index (χ0n) is 16.0. The number of methoxy groups -OCH3 is 1. The number of hydrogen-bond donors (Lipinski definition) is 0. The van der Waals surface area contributed by atoms with Crippen molar-refractivity contribution in [2.45, 2.75) is 70.2 Å². The van der Waals surface area contributed by atoms with Crippen molar-refractivity contribution in [3.8, 4) is 0 Å². The van der Waals surface area contributed by atoms with Crippen LogP contribution in [0.3, 0.4) is 0 Å². The molecule has 0 aromatic heterocycles. The van der Waals surface area contributed by atoms with Crippen molar-refractivity contribution in [1.29, 1.82) is 0 Å². The Kier molecular flexibility index (Phi) is 6.63. The lowest BCUT2D eigenvalue weighted by Gasteiger charge is -2.42. The van der Waals surface area contributed by atoms with Crippen molar-refractivity contribution >= 4 is 24.0 Å². The van der Waals surface area contributed by atoms with Crippen LogP contribution < -0.4 is 0 Å². The second kappa shape index (κ2) is 8.55. The molecule has 2 rings (SSSR count). The molecule has 10 nitrogen and oxygen atoms in total. The summed E-state index contributed by atoms with van der Waals surface area (Å²) in [4.78, 5) is 48.6. The summed E-state index contributed by atoms with van der Waals surface area (Å²) in [7, 11) is 2.75. The van der Waals surface area contributed by atoms with Crippen LogP contribution in [0, 0.1) is 0 Å². The maximum absolute atomic E-state index is 12.0. The molecule has 0 N–H and O–H groups in total. The van der Waals surface area contributed by atoms with Gasteiger partial charge in [-0.25, -0.2) is 9.59 Å². The second-order valence-corrected chi connectivity index (χ2v) is 6.50. The Morgan fingerprint density at radius 3 is 2.37 bits per heavy atom. The Balaban J connectivity index is 2.40. The molecule has 2 aliphatic rings. The Morgan fingerprint density at radius 1 is 1.22 bits per heavy atom. The van der Waals surface area contributed by atoms with Crippen LogP contribution in [-0.2, 0) is 38.1 Å². The highest BCUT2D eigenvalue weighted by atomic mass is 16.6. The third-order valence-corrected chi connectivity index (χ3v) is 4.65. The monoisotopic (exact) mass is 387 g/mol. The van der Waals surface area contributed by atoms with Gasteiger partial charge in [-0.2, -0.15) is 0 Å². The van der Waals surface area contributed by atoms with Crippen molar-refractivity contribution < 1.29 is 42.9 Å². The SMILES string of the molecule is CC[C@@H](OC(C)=O)[C@@H](OC(C)=O)C1OC(C(=O)OC)C[C@H]2OC(=O)N(C)[C@@H]12. The number of fused-ring (bicyclic) bond motifs is 1. The first-order valence-corrected chi connectivity index (χ1v) is 8.70. The van der Waals surface area contributed by atoms with Gasteiger partial charge in [0, 0.05) is 27.3 Å². The number of carbonyl (C=O) groups is 4. The summed E-state index contributed by atoms with van der Waals surface area (Å²) in [6.45, 7) is 4.21. The van der Waals surface area contributed by atoms with Gasteiger partial charge in [0.15, 0.2) is 12.2 Å². The van der Waals surface area contributed by atoms with Crippen LogP contribution in [0.5, 0.6) is 0 Å². The molecular formula is C17H25NO9. The topological polar surface area (TPSA) is 118 Å². The fourth-order valence-corrected chi connectivity index (χ4v) is 3.51. The minimum atomic E-state index is -1.03. The first kappa shape index (κ1) is 20.9. The van der Waals surface area contributed by atoms with Crippen LogP contribution in [0.25, 0.3) is 0 Å². The van der Waals surface area contributed by atoms with E-state index in [1.807, 2.05) is 0 Å². The smallest absolute Gasteiger partial charge is 0.410 e. The summed E-state index contributed by atoms with van der Waals surface area (Å²) in [6.07, 6.45) is -4.60. The lowest BCUT2D eigenvalue weighted by Crippen LogP contribution is -2.61. The number of carbonyl (C=O) groups excluding carboxylic acids is 4. The van der Waals surface area contributed by atoms with Gasteiger partial charge in [0.2, 0.25) is 0 Å². The highest BCUT2D eigenvalue weighted by molar-refractivity contribution is 5.76. The van der Waals surface area contributed by atoms with Crippen LogP contribution in [0.15, 0.2) is 0 Å². The van der Waals surface area contributed by atoms with Crippen molar-refractivity contribution in [3.05, 3.63) is 0 Å². The summed E-state index contributed by atoms with van der Waals surface area (Å²) >= 11 is 0. The van der Waals surface area contributed by atoms with Gasteiger partial charge >= 0.3 is 24.0 Å². The van der Waals surface area contributed by atoms with E-state index in [2.05, 4.69) is 0 Å². The van der Waals surface area contributed by atoms with E-state index in [-0.39, 0.29) is 6.42 Å². The van der Waals surface area contributed by atoms with Crippen molar-refractivity contribution in [2.24, 2.45) is 0 Å². The normalized spacial score (nSPS) is 29.2. The van der Waals surface area contributed by atoms with Crippen molar-refractivity contribution in [3.63, 3.8) is 0 Å². The molecule has 152 valence electrons. The van der Waals surface area contributed by atoms with Crippen LogP contribution in [0.1, 0.15) is 33.6 Å². The van der Waals surface area contributed by atoms with Crippen LogP contribution in [0.4, 0.5) is 4.79 Å². The Morgan fingerprint density at radius 2 is 1.85 bits per heavy atom. The number of esters is 3. The largest absolute Gasteiger partial charge is 0.467 e. The highest BCUT2D eigenvalue weighted by Crippen LogP contribution is 2.35. The predicted octanol–water partition coefficient (Wildman–Crippen LogP) is 0.410. The summed E-state index contributed by atoms with van der Waals surface area (Å²) < 4.78 is 26.7. The van der Waals surface area contributed by atoms with E-state index in [1.165, 1.54) is 32.9 Å². The number of ether oxygens (including phenoxy) is 5. The molecule has 2 fully saturated rings. The number of amides is 1. The molecule has 0 bridgehead atoms. The molecule has 27 heavy (non-hydrogen) atoms. The molecule has 2 saturated heterocycles. The fraction of sp³-hybridized carbons (Fsp3) is 0.765. The molecule has 6 atom stereocenters. The average Bonchev–Trinajstić information content (AvgIpc) is 2.90. The van der Waals surface area contributed by atoms with E-state index in [0.717, 1.165) is 0 Å². The third kappa shape index (κ3) is 4.49. The molecule has 0 saturated carbocycles. The molecule has 0 aliphatic carbocycles. The molecular weight excluding hydrogens is 362 g/mol. The Hall–Kier alpha value is -2.36. The van der Waals surface area contributed by atoms with Gasteiger partial charge in [0.05, 0.1) is 7.11 Å². The molecule has 0 aromatic carbocycles. The minimum absolute atomic E-state index is 0.112. The maximum Gasteiger partial charge on any atom is 0.410 e. The maximum atomic E-state index is 12.0. The van der Waals surface area contributed by atoms with Gasteiger partial charge in [-0.15, -0.1) is 0 Å². The van der Waals surface area contributed by atoms with Gasteiger partial charge in [-0.05, 0) is 6.42 Å². The number of likely N-dealkylation sites (N-methyl/N-ethyl adjacent to an activating group) is 1. The van der Waals surface area contributed by atoms with Crippen LogP contribution in [0.2, 0.25) is 0 Å². The third-order valence-electron chi connectivity index (χ3n) is 4.65. The first-order chi connectivity index (χ1) is 12.7. The number of hydrogen-bond acceptors (Lipinski definition) is 9. The predicted molar refractivity (Wildman–Crippen MR) is 88.5 cm³/mol. The van der Waals surface area contributed by atoms with Crippen molar-refractivity contribution in [1.82, 2.24) is 4.90 Å². The van der Waals surface area contributed by atoms with Gasteiger partial charge in [-0.1, -0.05) is 6.92 Å². The quantitative estimate of drug-likeness (QED) is 0.471. The standard InChI is InChI=1S/C17H25NO9/c1-6-10(24-8(2)19)14(25-9(3)20)15-13-11(27-17(22)18(13)4)7-12(26-15)16(21)23-5/h10-15H,6-7H2,1-5H3/t10-,11-,12?,13-,14-,15?/m1/s1. The lowest BCUT2D eigenvalue weighted by molar-refractivity contribution is -0.208. The van der Waals surface area contributed by atoms with Gasteiger partial charge < -0.3 is 28.6 Å². The average molecular weight is 387 g/mol. The van der Waals surface area contributed by atoms with E-state index in [9.17, 15) is 19.2 Å². The zero-order chi connectivity index (χ0) is 20.3. The fourth-order valence-electron chi connectivity index (χ4n) is 3.51. The number of nitrogens with zero attached hydrogens (tertiary/aromatic N) is 1. The Bertz CT molecular complexity index is 607. The van der Waals surface area contributed by atoms with Gasteiger partial charge in [0.1, 0.15) is 24.4 Å². The van der Waals surface area contributed by atoms with E-state index in [4.69, 9.17) is 23.7 Å². The molecule has 0 radical (unpaired) electrons. The zero-order valence-corrected chi connectivity index (χ0v) is 16.0. The second-order valence-electron chi connectivity index (χ2n) is 6.50. The molecule has 0 aromatic rings. The minimum Gasteiger partial charge on any atom is -0.467 e. The van der Waals surface area contributed by atoms with Gasteiger partial charge in [0.25, 0.3) is 0 Å². The molecule has 10 heteroatoms. The van der Waals surface area contributed by atoms with E-state index >= 15 is 0 Å². The van der Waals surface area contributed by atoms with Gasteiger partial charge in [-0.3, -0.25) is 9.59 Å². The van der Waals surface area contributed by atoms with E-state index in [1.54, 1.807) is 6.92 Å². The van der Waals surface area contributed by atoms with E-state index < -0.39 is 60.6 Å². The molecule has 2 aliphatic heterocycles. The Labute approximate surface area is 157 Å². The summed E-state index contributed by atoms with van der Waals surface area (Å²) in [5.41, 5.74) is 0. The molecule has 1 amide bonds. The van der Waals surface area contributed by atoms with Crippen LogP contribution in [-0.4, -0.2) is 79.6 Å².